The molecule has 6 heteroatoms. The molecule has 1 unspecified atom stereocenters. The van der Waals surface area contributed by atoms with Crippen LogP contribution in [0.15, 0.2) is 18.2 Å². The van der Waals surface area contributed by atoms with Crippen LogP contribution in [0.5, 0.6) is 0 Å². The highest BCUT2D eigenvalue weighted by molar-refractivity contribution is 5.96. The maximum absolute atomic E-state index is 13.1. The molecule has 0 aliphatic carbocycles. The first-order valence-electron chi connectivity index (χ1n) is 6.29. The number of amides is 1. The van der Waals surface area contributed by atoms with Crippen molar-refractivity contribution in [1.82, 2.24) is 5.32 Å². The Balaban J connectivity index is 2.85. The molecule has 1 N–H and O–H groups in total. The molecule has 0 fully saturated rings. The third-order valence-electron chi connectivity index (χ3n) is 2.68. The highest BCUT2D eigenvalue weighted by atomic mass is 19.2. The average molecular weight is 285 g/mol. The quantitative estimate of drug-likeness (QED) is 0.844. The van der Waals surface area contributed by atoms with Crippen molar-refractivity contribution < 1.29 is 23.1 Å². The van der Waals surface area contributed by atoms with Gasteiger partial charge in [0.2, 0.25) is 0 Å². The zero-order valence-corrected chi connectivity index (χ0v) is 11.6. The molecule has 4 nitrogen and oxygen atoms in total. The van der Waals surface area contributed by atoms with Crippen LogP contribution in [0, 0.1) is 17.6 Å². The molecule has 1 atom stereocenters. The van der Waals surface area contributed by atoms with Crippen LogP contribution in [0.25, 0.3) is 0 Å². The fourth-order valence-electron chi connectivity index (χ4n) is 1.59. The normalized spacial score (nSPS) is 12.1. The number of carbonyl (C=O) groups is 2. The van der Waals surface area contributed by atoms with Crippen LogP contribution in [-0.2, 0) is 9.53 Å². The van der Waals surface area contributed by atoms with Crippen molar-refractivity contribution in [3.63, 3.8) is 0 Å². The van der Waals surface area contributed by atoms with Gasteiger partial charge < -0.3 is 10.1 Å². The van der Waals surface area contributed by atoms with Gasteiger partial charge in [0, 0.05) is 5.56 Å². The molecule has 0 heterocycles. The van der Waals surface area contributed by atoms with Crippen molar-refractivity contribution >= 4 is 11.9 Å². The predicted octanol–water partition coefficient (Wildman–Crippen LogP) is 2.28. The Bertz CT molecular complexity index is 503. The van der Waals surface area contributed by atoms with E-state index >= 15 is 0 Å². The zero-order valence-electron chi connectivity index (χ0n) is 11.6. The van der Waals surface area contributed by atoms with Crippen molar-refractivity contribution in [3.8, 4) is 0 Å². The minimum absolute atomic E-state index is 0.0566. The number of rotatable bonds is 5. The van der Waals surface area contributed by atoms with E-state index in [0.717, 1.165) is 18.2 Å². The molecule has 1 aromatic carbocycles. The SMILES string of the molecule is CCOC(=O)C(NC(=O)c1ccc(F)c(F)c1)C(C)C. The largest absolute Gasteiger partial charge is 0.464 e. The first-order chi connectivity index (χ1) is 9.36. The molecule has 1 aromatic rings. The molecule has 0 saturated carbocycles. The first kappa shape index (κ1) is 16.1. The van der Waals surface area contributed by atoms with E-state index in [1.165, 1.54) is 0 Å². The van der Waals surface area contributed by atoms with Gasteiger partial charge >= 0.3 is 5.97 Å². The van der Waals surface area contributed by atoms with E-state index in [1.54, 1.807) is 20.8 Å². The molecule has 0 aromatic heterocycles. The van der Waals surface area contributed by atoms with Crippen molar-refractivity contribution in [2.24, 2.45) is 5.92 Å². The van der Waals surface area contributed by atoms with Crippen molar-refractivity contribution in [1.29, 1.82) is 0 Å². The maximum atomic E-state index is 13.1. The Morgan fingerprint density at radius 3 is 2.40 bits per heavy atom. The molecule has 20 heavy (non-hydrogen) atoms. The Morgan fingerprint density at radius 2 is 1.90 bits per heavy atom. The molecule has 0 spiro atoms. The molecule has 0 aliphatic rings. The highest BCUT2D eigenvalue weighted by Gasteiger charge is 2.26. The van der Waals surface area contributed by atoms with Crippen LogP contribution >= 0.6 is 0 Å². The molecule has 1 amide bonds. The molecule has 0 bridgehead atoms. The van der Waals surface area contributed by atoms with Crippen LogP contribution < -0.4 is 5.32 Å². The van der Waals surface area contributed by atoms with Gasteiger partial charge in [-0.15, -0.1) is 0 Å². The minimum atomic E-state index is -1.12. The van der Waals surface area contributed by atoms with Gasteiger partial charge in [0.15, 0.2) is 11.6 Å². The van der Waals surface area contributed by atoms with Gasteiger partial charge in [0.25, 0.3) is 5.91 Å². The second-order valence-corrected chi connectivity index (χ2v) is 4.58. The summed E-state index contributed by atoms with van der Waals surface area (Å²) < 4.78 is 30.7. The van der Waals surface area contributed by atoms with Gasteiger partial charge in [-0.1, -0.05) is 13.8 Å². The van der Waals surface area contributed by atoms with Gasteiger partial charge in [-0.2, -0.15) is 0 Å². The van der Waals surface area contributed by atoms with E-state index in [-0.39, 0.29) is 18.1 Å². The van der Waals surface area contributed by atoms with Crippen LogP contribution in [0.3, 0.4) is 0 Å². The summed E-state index contributed by atoms with van der Waals surface area (Å²) in [6, 6.07) is 1.96. The summed E-state index contributed by atoms with van der Waals surface area (Å²) in [6.45, 7) is 5.34. The molecule has 110 valence electrons. The van der Waals surface area contributed by atoms with Gasteiger partial charge in [0.1, 0.15) is 6.04 Å². The zero-order chi connectivity index (χ0) is 15.3. The lowest BCUT2D eigenvalue weighted by Crippen LogP contribution is -2.45. The fourth-order valence-corrected chi connectivity index (χ4v) is 1.59. The lowest BCUT2D eigenvalue weighted by molar-refractivity contribution is -0.146. The number of hydrogen-bond acceptors (Lipinski definition) is 3. The molecule has 0 aliphatic heterocycles. The molecule has 1 rings (SSSR count). The second kappa shape index (κ2) is 6.98. The Kier molecular flexibility index (Phi) is 5.61. The number of hydrogen-bond donors (Lipinski definition) is 1. The summed E-state index contributed by atoms with van der Waals surface area (Å²) in [5, 5.41) is 2.46. The summed E-state index contributed by atoms with van der Waals surface area (Å²) in [5.41, 5.74) is -0.0566. The van der Waals surface area contributed by atoms with Crippen LogP contribution in [-0.4, -0.2) is 24.5 Å². The van der Waals surface area contributed by atoms with Crippen molar-refractivity contribution in [3.05, 3.63) is 35.4 Å². The molecule has 0 saturated heterocycles. The minimum Gasteiger partial charge on any atom is -0.464 e. The molecular weight excluding hydrogens is 268 g/mol. The number of nitrogens with one attached hydrogen (secondary N) is 1. The molecule has 0 radical (unpaired) electrons. The first-order valence-corrected chi connectivity index (χ1v) is 6.29. The predicted molar refractivity (Wildman–Crippen MR) is 69.1 cm³/mol. The molecular formula is C14H17F2NO3. The van der Waals surface area contributed by atoms with Gasteiger partial charge in [-0.05, 0) is 31.0 Å². The van der Waals surface area contributed by atoms with E-state index < -0.39 is 29.6 Å². The third-order valence-corrected chi connectivity index (χ3v) is 2.68. The average Bonchev–Trinajstić information content (AvgIpc) is 2.38. The summed E-state index contributed by atoms with van der Waals surface area (Å²) in [5.74, 6) is -3.56. The topological polar surface area (TPSA) is 55.4 Å². The Labute approximate surface area is 116 Å². The summed E-state index contributed by atoms with van der Waals surface area (Å²) >= 11 is 0. The monoisotopic (exact) mass is 285 g/mol. The number of benzene rings is 1. The highest BCUT2D eigenvalue weighted by Crippen LogP contribution is 2.10. The van der Waals surface area contributed by atoms with Gasteiger partial charge in [-0.3, -0.25) is 4.79 Å². The Morgan fingerprint density at radius 1 is 1.25 bits per heavy atom. The lowest BCUT2D eigenvalue weighted by atomic mass is 10.0. The van der Waals surface area contributed by atoms with E-state index in [0.29, 0.717) is 0 Å². The van der Waals surface area contributed by atoms with E-state index in [4.69, 9.17) is 4.74 Å². The van der Waals surface area contributed by atoms with Crippen LogP contribution in [0.1, 0.15) is 31.1 Å². The second-order valence-electron chi connectivity index (χ2n) is 4.58. The Hall–Kier alpha value is -1.98. The van der Waals surface area contributed by atoms with Gasteiger partial charge in [0.05, 0.1) is 6.61 Å². The maximum Gasteiger partial charge on any atom is 0.328 e. The standard InChI is InChI=1S/C14H17F2NO3/c1-4-20-14(19)12(8(2)3)17-13(18)9-5-6-10(15)11(16)7-9/h5-8,12H,4H2,1-3H3,(H,17,18). The number of halogens is 2. The summed E-state index contributed by atoms with van der Waals surface area (Å²) in [6.07, 6.45) is 0. The lowest BCUT2D eigenvalue weighted by Gasteiger charge is -2.20. The third kappa shape index (κ3) is 4.01. The van der Waals surface area contributed by atoms with E-state index in [2.05, 4.69) is 5.32 Å². The number of carbonyl (C=O) groups excluding carboxylic acids is 2. The van der Waals surface area contributed by atoms with E-state index in [1.807, 2.05) is 0 Å². The summed E-state index contributed by atoms with van der Waals surface area (Å²) in [7, 11) is 0. The fraction of sp³-hybridized carbons (Fsp3) is 0.429. The summed E-state index contributed by atoms with van der Waals surface area (Å²) in [4.78, 5) is 23.6. The number of esters is 1. The van der Waals surface area contributed by atoms with Crippen LogP contribution in [0.2, 0.25) is 0 Å². The number of ether oxygens (including phenoxy) is 1. The van der Waals surface area contributed by atoms with Crippen LogP contribution in [0.4, 0.5) is 8.78 Å². The van der Waals surface area contributed by atoms with Gasteiger partial charge in [-0.25, -0.2) is 13.6 Å². The van der Waals surface area contributed by atoms with Crippen molar-refractivity contribution in [2.75, 3.05) is 6.61 Å². The van der Waals surface area contributed by atoms with E-state index in [9.17, 15) is 18.4 Å². The van der Waals surface area contributed by atoms with Crippen molar-refractivity contribution in [2.45, 2.75) is 26.8 Å². The smallest absolute Gasteiger partial charge is 0.328 e.